The summed E-state index contributed by atoms with van der Waals surface area (Å²) in [7, 11) is 0. The molecule has 24 heavy (non-hydrogen) atoms. The Morgan fingerprint density at radius 3 is 2.62 bits per heavy atom. The highest BCUT2D eigenvalue weighted by atomic mass is 35.5. The summed E-state index contributed by atoms with van der Waals surface area (Å²) >= 11 is 0. The van der Waals surface area contributed by atoms with Crippen LogP contribution >= 0.6 is 12.4 Å². The normalized spacial score (nSPS) is 10.0. The van der Waals surface area contributed by atoms with Crippen molar-refractivity contribution < 1.29 is 9.53 Å². The molecule has 0 atom stereocenters. The molecule has 0 saturated carbocycles. The molecule has 5 heteroatoms. The van der Waals surface area contributed by atoms with Crippen LogP contribution in [-0.4, -0.2) is 19.1 Å². The lowest BCUT2D eigenvalue weighted by atomic mass is 10.1. The highest BCUT2D eigenvalue weighted by Gasteiger charge is 2.08. The van der Waals surface area contributed by atoms with Gasteiger partial charge in [-0.25, -0.2) is 0 Å². The van der Waals surface area contributed by atoms with E-state index in [0.717, 1.165) is 18.4 Å². The number of halogens is 1. The summed E-state index contributed by atoms with van der Waals surface area (Å²) in [5.41, 5.74) is 9.09. The van der Waals surface area contributed by atoms with Gasteiger partial charge in [0.2, 0.25) is 0 Å². The van der Waals surface area contributed by atoms with E-state index in [9.17, 15) is 4.79 Å². The number of rotatable bonds is 8. The molecule has 130 valence electrons. The fourth-order valence-corrected chi connectivity index (χ4v) is 2.27. The fourth-order valence-electron chi connectivity index (χ4n) is 2.27. The number of carbonyl (C=O) groups excluding carboxylic acids is 1. The molecule has 0 aromatic heterocycles. The first-order valence-electron chi connectivity index (χ1n) is 7.93. The number of aryl methyl sites for hydroxylation is 1. The lowest BCUT2D eigenvalue weighted by Gasteiger charge is -2.09. The van der Waals surface area contributed by atoms with Crippen molar-refractivity contribution >= 4 is 24.0 Å². The molecular weight excluding hydrogens is 324 g/mol. The quantitative estimate of drug-likeness (QED) is 0.564. The molecule has 0 radical (unpaired) electrons. The summed E-state index contributed by atoms with van der Waals surface area (Å²) in [6.07, 6.45) is 1.81. The lowest BCUT2D eigenvalue weighted by Crippen LogP contribution is -2.25. The van der Waals surface area contributed by atoms with E-state index in [2.05, 4.69) is 5.32 Å². The van der Waals surface area contributed by atoms with Crippen LogP contribution in [0.25, 0.3) is 0 Å². The Morgan fingerprint density at radius 1 is 1.12 bits per heavy atom. The summed E-state index contributed by atoms with van der Waals surface area (Å²) in [4.78, 5) is 12.1. The van der Waals surface area contributed by atoms with Crippen molar-refractivity contribution in [1.82, 2.24) is 5.32 Å². The maximum absolute atomic E-state index is 12.1. The first kappa shape index (κ1) is 20.0. The van der Waals surface area contributed by atoms with Gasteiger partial charge in [-0.05, 0) is 43.0 Å². The number of hydrogen-bond donors (Lipinski definition) is 2. The second kappa shape index (κ2) is 10.7. The SMILES string of the molecule is Cc1ccc(N)cc1C(=O)NCCCCOCc1ccccc1.Cl. The molecule has 0 aliphatic heterocycles. The molecule has 3 N–H and O–H groups in total. The number of benzene rings is 2. The minimum Gasteiger partial charge on any atom is -0.399 e. The van der Waals surface area contributed by atoms with Crippen LogP contribution in [0, 0.1) is 6.92 Å². The number of nitrogens with two attached hydrogens (primary N) is 1. The van der Waals surface area contributed by atoms with Gasteiger partial charge in [0.25, 0.3) is 5.91 Å². The molecule has 0 bridgehead atoms. The standard InChI is InChI=1S/C19H24N2O2.ClH/c1-15-9-10-17(20)13-18(15)19(22)21-11-5-6-12-23-14-16-7-3-2-4-8-16;/h2-4,7-10,13H,5-6,11-12,14,20H2,1H3,(H,21,22);1H. The van der Waals surface area contributed by atoms with E-state index >= 15 is 0 Å². The number of amides is 1. The van der Waals surface area contributed by atoms with Gasteiger partial charge in [-0.15, -0.1) is 12.4 Å². The van der Waals surface area contributed by atoms with E-state index in [0.29, 0.717) is 31.0 Å². The highest BCUT2D eigenvalue weighted by Crippen LogP contribution is 2.12. The number of nitrogens with one attached hydrogen (secondary N) is 1. The summed E-state index contributed by atoms with van der Waals surface area (Å²) in [5.74, 6) is -0.0694. The number of carbonyl (C=O) groups is 1. The lowest BCUT2D eigenvalue weighted by molar-refractivity contribution is 0.0945. The van der Waals surface area contributed by atoms with E-state index in [1.807, 2.05) is 43.3 Å². The van der Waals surface area contributed by atoms with Crippen LogP contribution in [0.15, 0.2) is 48.5 Å². The van der Waals surface area contributed by atoms with Crippen molar-refractivity contribution in [3.8, 4) is 0 Å². The van der Waals surface area contributed by atoms with Gasteiger partial charge < -0.3 is 15.8 Å². The topological polar surface area (TPSA) is 64.4 Å². The van der Waals surface area contributed by atoms with Crippen LogP contribution in [-0.2, 0) is 11.3 Å². The Kier molecular flexibility index (Phi) is 8.90. The summed E-state index contributed by atoms with van der Waals surface area (Å²) in [5, 5.41) is 2.93. The third kappa shape index (κ3) is 6.60. The van der Waals surface area contributed by atoms with E-state index < -0.39 is 0 Å². The van der Waals surface area contributed by atoms with Crippen molar-refractivity contribution in [2.45, 2.75) is 26.4 Å². The largest absolute Gasteiger partial charge is 0.399 e. The number of nitrogen functional groups attached to an aromatic ring is 1. The van der Waals surface area contributed by atoms with E-state index in [4.69, 9.17) is 10.5 Å². The predicted octanol–water partition coefficient (Wildman–Crippen LogP) is 3.73. The van der Waals surface area contributed by atoms with Crippen LogP contribution in [0.4, 0.5) is 5.69 Å². The Morgan fingerprint density at radius 2 is 1.88 bits per heavy atom. The molecule has 0 heterocycles. The molecule has 0 aliphatic carbocycles. The monoisotopic (exact) mass is 348 g/mol. The maximum atomic E-state index is 12.1. The molecule has 4 nitrogen and oxygen atoms in total. The van der Waals surface area contributed by atoms with Crippen LogP contribution in [0.2, 0.25) is 0 Å². The van der Waals surface area contributed by atoms with Gasteiger partial charge in [0.05, 0.1) is 6.61 Å². The van der Waals surface area contributed by atoms with Gasteiger partial charge in [-0.3, -0.25) is 4.79 Å². The first-order valence-corrected chi connectivity index (χ1v) is 7.93. The van der Waals surface area contributed by atoms with Gasteiger partial charge in [-0.2, -0.15) is 0 Å². The van der Waals surface area contributed by atoms with Crippen molar-refractivity contribution in [1.29, 1.82) is 0 Å². The smallest absolute Gasteiger partial charge is 0.251 e. The average molecular weight is 349 g/mol. The zero-order chi connectivity index (χ0) is 16.5. The molecule has 0 spiro atoms. The maximum Gasteiger partial charge on any atom is 0.251 e. The molecule has 1 amide bonds. The molecule has 2 aromatic carbocycles. The fraction of sp³-hybridized carbons (Fsp3) is 0.316. The van der Waals surface area contributed by atoms with Gasteiger partial charge in [-0.1, -0.05) is 36.4 Å². The van der Waals surface area contributed by atoms with Crippen molar-refractivity contribution in [2.24, 2.45) is 0 Å². The Hall–Kier alpha value is -2.04. The van der Waals surface area contributed by atoms with E-state index in [1.165, 1.54) is 5.56 Å². The summed E-state index contributed by atoms with van der Waals surface area (Å²) < 4.78 is 5.62. The predicted molar refractivity (Wildman–Crippen MR) is 101 cm³/mol. The third-order valence-corrected chi connectivity index (χ3v) is 3.62. The average Bonchev–Trinajstić information content (AvgIpc) is 2.57. The molecule has 0 aliphatic rings. The van der Waals surface area contributed by atoms with Crippen molar-refractivity contribution in [3.05, 3.63) is 65.2 Å². The Bertz CT molecular complexity index is 633. The van der Waals surface area contributed by atoms with Gasteiger partial charge in [0.1, 0.15) is 0 Å². The second-order valence-corrected chi connectivity index (χ2v) is 5.58. The second-order valence-electron chi connectivity index (χ2n) is 5.58. The molecule has 0 fully saturated rings. The van der Waals surface area contributed by atoms with Crippen molar-refractivity contribution in [2.75, 3.05) is 18.9 Å². The van der Waals surface area contributed by atoms with Gasteiger partial charge in [0, 0.05) is 24.4 Å². The molecule has 2 rings (SSSR count). The summed E-state index contributed by atoms with van der Waals surface area (Å²) in [6, 6.07) is 15.5. The minimum absolute atomic E-state index is 0. The Balaban J connectivity index is 0.00000288. The zero-order valence-electron chi connectivity index (χ0n) is 14.0. The van der Waals surface area contributed by atoms with Crippen LogP contribution in [0.3, 0.4) is 0 Å². The number of anilines is 1. The van der Waals surface area contributed by atoms with Crippen LogP contribution in [0.1, 0.15) is 34.3 Å². The molecular formula is C19H25ClN2O2. The minimum atomic E-state index is -0.0694. The van der Waals surface area contributed by atoms with E-state index in [1.54, 1.807) is 12.1 Å². The first-order chi connectivity index (χ1) is 11.2. The zero-order valence-corrected chi connectivity index (χ0v) is 14.8. The molecule has 2 aromatic rings. The number of ether oxygens (including phenoxy) is 1. The van der Waals surface area contributed by atoms with Crippen LogP contribution < -0.4 is 11.1 Å². The highest BCUT2D eigenvalue weighted by molar-refractivity contribution is 5.96. The Labute approximate surface area is 149 Å². The number of hydrogen-bond acceptors (Lipinski definition) is 3. The third-order valence-electron chi connectivity index (χ3n) is 3.62. The van der Waals surface area contributed by atoms with Gasteiger partial charge in [0.15, 0.2) is 0 Å². The van der Waals surface area contributed by atoms with E-state index in [-0.39, 0.29) is 18.3 Å². The summed E-state index contributed by atoms with van der Waals surface area (Å²) in [6.45, 7) is 3.88. The van der Waals surface area contributed by atoms with Gasteiger partial charge >= 0.3 is 0 Å². The number of unbranched alkanes of at least 4 members (excludes halogenated alkanes) is 1. The molecule has 0 unspecified atom stereocenters. The molecule has 0 saturated heterocycles. The van der Waals surface area contributed by atoms with Crippen LogP contribution in [0.5, 0.6) is 0 Å². The van der Waals surface area contributed by atoms with Crippen molar-refractivity contribution in [3.63, 3.8) is 0 Å².